The van der Waals surface area contributed by atoms with Crippen LogP contribution < -0.4 is 20.8 Å². The molecule has 7 nitrogen and oxygen atoms in total. The van der Waals surface area contributed by atoms with Gasteiger partial charge in [-0.2, -0.15) is 5.26 Å². The summed E-state index contributed by atoms with van der Waals surface area (Å²) in [4.78, 5) is 17.7. The number of nitrogens with two attached hydrogens (primary N) is 1. The lowest BCUT2D eigenvalue weighted by atomic mass is 9.83. The van der Waals surface area contributed by atoms with E-state index in [2.05, 4.69) is 11.1 Å². The summed E-state index contributed by atoms with van der Waals surface area (Å²) < 4.78 is 12.9. The van der Waals surface area contributed by atoms with E-state index in [4.69, 9.17) is 15.2 Å². The fraction of sp³-hybridized carbons (Fsp3) is 0.174. The predicted molar refractivity (Wildman–Crippen MR) is 111 cm³/mol. The molecule has 3 aromatic rings. The summed E-state index contributed by atoms with van der Waals surface area (Å²) in [6.45, 7) is 2.21. The van der Waals surface area contributed by atoms with Gasteiger partial charge in [-0.25, -0.2) is 0 Å². The summed E-state index contributed by atoms with van der Waals surface area (Å²) >= 11 is 0. The van der Waals surface area contributed by atoms with Crippen LogP contribution in [0, 0.1) is 18.3 Å². The highest BCUT2D eigenvalue weighted by Gasteiger charge is 2.35. The van der Waals surface area contributed by atoms with Gasteiger partial charge in [0.25, 0.3) is 5.56 Å². The Morgan fingerprint density at radius 3 is 2.70 bits per heavy atom. The van der Waals surface area contributed by atoms with Crippen LogP contribution in [-0.4, -0.2) is 16.7 Å². The Balaban J connectivity index is 1.96. The molecule has 1 aliphatic heterocycles. The quantitative estimate of drug-likeness (QED) is 0.722. The Labute approximate surface area is 173 Å². The molecule has 0 radical (unpaired) electrons. The molecule has 1 atom stereocenters. The zero-order chi connectivity index (χ0) is 21.3. The minimum Gasteiger partial charge on any atom is -0.496 e. The predicted octanol–water partition coefficient (Wildman–Crippen LogP) is 2.83. The summed E-state index contributed by atoms with van der Waals surface area (Å²) in [6, 6.07) is 14.9. The van der Waals surface area contributed by atoms with E-state index >= 15 is 0 Å². The number of rotatable bonds is 4. The molecule has 0 bridgehead atoms. The number of fused-ring (bicyclic) bond motifs is 1. The van der Waals surface area contributed by atoms with Crippen molar-refractivity contribution in [2.75, 3.05) is 7.11 Å². The normalized spacial score (nSPS) is 15.2. The minimum atomic E-state index is -0.688. The summed E-state index contributed by atoms with van der Waals surface area (Å²) in [5.41, 5.74) is 8.72. The van der Waals surface area contributed by atoms with E-state index in [-0.39, 0.29) is 17.0 Å². The average molecular weight is 400 g/mol. The lowest BCUT2D eigenvalue weighted by molar-refractivity contribution is 0.383. The summed E-state index contributed by atoms with van der Waals surface area (Å²) in [5.74, 6) is 0.228. The van der Waals surface area contributed by atoms with E-state index in [1.165, 1.54) is 0 Å². The molecule has 1 aliphatic rings. The first-order valence-electron chi connectivity index (χ1n) is 9.39. The molecule has 0 aliphatic carbocycles. The highest BCUT2D eigenvalue weighted by molar-refractivity contribution is 5.58. The van der Waals surface area contributed by atoms with Crippen molar-refractivity contribution in [2.24, 2.45) is 5.73 Å². The topological polar surface area (TPSA) is 103 Å². The number of hydrogen-bond donors (Lipinski definition) is 1. The fourth-order valence-corrected chi connectivity index (χ4v) is 3.77. The largest absolute Gasteiger partial charge is 0.496 e. The van der Waals surface area contributed by atoms with Crippen molar-refractivity contribution in [3.05, 3.63) is 99.1 Å². The number of para-hydroxylation sites is 1. The molecular weight excluding hydrogens is 380 g/mol. The lowest BCUT2D eigenvalue weighted by Crippen LogP contribution is -2.33. The third kappa shape index (κ3) is 3.18. The zero-order valence-electron chi connectivity index (χ0n) is 16.6. The molecule has 0 spiro atoms. The number of nitriles is 1. The van der Waals surface area contributed by atoms with Crippen molar-refractivity contribution < 1.29 is 9.47 Å². The van der Waals surface area contributed by atoms with E-state index in [0.29, 0.717) is 29.2 Å². The van der Waals surface area contributed by atoms with Crippen LogP contribution >= 0.6 is 0 Å². The molecule has 0 amide bonds. The third-order valence-electron chi connectivity index (χ3n) is 5.23. The van der Waals surface area contributed by atoms with Gasteiger partial charge in [-0.1, -0.05) is 18.2 Å². The molecule has 150 valence electrons. The van der Waals surface area contributed by atoms with Gasteiger partial charge in [0, 0.05) is 29.7 Å². The maximum atomic E-state index is 13.6. The van der Waals surface area contributed by atoms with Gasteiger partial charge in [-0.05, 0) is 30.7 Å². The number of aromatic nitrogens is 2. The molecule has 1 aromatic carbocycles. The van der Waals surface area contributed by atoms with Crippen molar-refractivity contribution >= 4 is 0 Å². The van der Waals surface area contributed by atoms with Crippen molar-refractivity contribution in [1.29, 1.82) is 5.26 Å². The molecule has 7 heteroatoms. The van der Waals surface area contributed by atoms with Gasteiger partial charge in [-0.3, -0.25) is 9.78 Å². The van der Waals surface area contributed by atoms with E-state index in [9.17, 15) is 10.1 Å². The summed E-state index contributed by atoms with van der Waals surface area (Å²) in [6.07, 6.45) is 3.37. The molecule has 3 heterocycles. The number of nitrogens with zero attached hydrogens (tertiary/aromatic N) is 3. The van der Waals surface area contributed by atoms with Gasteiger partial charge < -0.3 is 19.8 Å². The first-order valence-corrected chi connectivity index (χ1v) is 9.39. The number of pyridine rings is 2. The van der Waals surface area contributed by atoms with E-state index in [1.54, 1.807) is 36.2 Å². The number of ether oxygens (including phenoxy) is 2. The molecule has 0 saturated carbocycles. The molecular formula is C23H20N4O3. The molecule has 0 unspecified atom stereocenters. The molecule has 4 rings (SSSR count). The Hall–Kier alpha value is -4.05. The van der Waals surface area contributed by atoms with E-state index < -0.39 is 5.92 Å². The second-order valence-corrected chi connectivity index (χ2v) is 6.98. The van der Waals surface area contributed by atoms with Crippen LogP contribution in [0.15, 0.2) is 71.1 Å². The van der Waals surface area contributed by atoms with Crippen molar-refractivity contribution in [2.45, 2.75) is 19.4 Å². The maximum absolute atomic E-state index is 13.6. The highest BCUT2D eigenvalue weighted by atomic mass is 16.5. The van der Waals surface area contributed by atoms with Gasteiger partial charge in [-0.15, -0.1) is 0 Å². The average Bonchev–Trinajstić information content (AvgIpc) is 2.76. The number of aryl methyl sites for hydroxylation is 1. The Morgan fingerprint density at radius 2 is 2.00 bits per heavy atom. The van der Waals surface area contributed by atoms with Crippen LogP contribution in [0.3, 0.4) is 0 Å². The Bertz CT molecular complexity index is 1240. The SMILES string of the molecule is COc1ccccc1[C@@H]1C(C#N)=C(N)Oc2cc(C)n(Cc3ccncc3)c(=O)c21. The molecule has 30 heavy (non-hydrogen) atoms. The second kappa shape index (κ2) is 7.76. The van der Waals surface area contributed by atoms with Crippen molar-refractivity contribution in [1.82, 2.24) is 9.55 Å². The fourth-order valence-electron chi connectivity index (χ4n) is 3.77. The monoisotopic (exact) mass is 400 g/mol. The highest BCUT2D eigenvalue weighted by Crippen LogP contribution is 2.43. The molecule has 2 N–H and O–H groups in total. The molecule has 0 fully saturated rings. The first kappa shape index (κ1) is 19.3. The standard InChI is InChI=1S/C23H20N4O3/c1-14-11-19-21(23(28)27(14)13-15-7-9-26-10-8-15)20(17(12-24)22(25)30-19)16-5-3-4-6-18(16)29-2/h3-11,20H,13,25H2,1-2H3/t20-/m1/s1. The summed E-state index contributed by atoms with van der Waals surface area (Å²) in [7, 11) is 1.55. The van der Waals surface area contributed by atoms with Gasteiger partial charge in [0.1, 0.15) is 23.1 Å². The van der Waals surface area contributed by atoms with Crippen LogP contribution in [0.2, 0.25) is 0 Å². The van der Waals surface area contributed by atoms with Crippen molar-refractivity contribution in [3.8, 4) is 17.6 Å². The summed E-state index contributed by atoms with van der Waals surface area (Å²) in [5, 5.41) is 9.81. The second-order valence-electron chi connectivity index (χ2n) is 6.98. The van der Waals surface area contributed by atoms with Gasteiger partial charge in [0.2, 0.25) is 5.88 Å². The van der Waals surface area contributed by atoms with Crippen LogP contribution in [0.4, 0.5) is 0 Å². The number of methoxy groups -OCH3 is 1. The lowest BCUT2D eigenvalue weighted by Gasteiger charge is -2.28. The Morgan fingerprint density at radius 1 is 1.27 bits per heavy atom. The van der Waals surface area contributed by atoms with Crippen LogP contribution in [0.5, 0.6) is 11.5 Å². The van der Waals surface area contributed by atoms with Gasteiger partial charge in [0.15, 0.2) is 0 Å². The Kier molecular flexibility index (Phi) is 4.98. The molecule has 2 aromatic heterocycles. The maximum Gasteiger partial charge on any atom is 0.259 e. The van der Waals surface area contributed by atoms with E-state index in [1.807, 2.05) is 37.3 Å². The number of benzene rings is 1. The van der Waals surface area contributed by atoms with Crippen LogP contribution in [0.25, 0.3) is 0 Å². The van der Waals surface area contributed by atoms with Crippen LogP contribution in [0.1, 0.15) is 28.3 Å². The van der Waals surface area contributed by atoms with Gasteiger partial charge >= 0.3 is 0 Å². The number of hydrogen-bond acceptors (Lipinski definition) is 6. The molecule has 0 saturated heterocycles. The van der Waals surface area contributed by atoms with E-state index in [0.717, 1.165) is 11.3 Å². The van der Waals surface area contributed by atoms with Crippen molar-refractivity contribution in [3.63, 3.8) is 0 Å². The smallest absolute Gasteiger partial charge is 0.259 e. The minimum absolute atomic E-state index is 0.00779. The van der Waals surface area contributed by atoms with Gasteiger partial charge in [0.05, 0.1) is 25.1 Å². The third-order valence-corrected chi connectivity index (χ3v) is 5.23. The first-order chi connectivity index (χ1) is 14.5. The number of allylic oxidation sites excluding steroid dienone is 1. The van der Waals surface area contributed by atoms with Crippen LogP contribution in [-0.2, 0) is 6.54 Å². The zero-order valence-corrected chi connectivity index (χ0v) is 16.6.